The average Bonchev–Trinajstić information content (AvgIpc) is 3.19. The summed E-state index contributed by atoms with van der Waals surface area (Å²) in [4.78, 5) is 29.2. The van der Waals surface area contributed by atoms with Gasteiger partial charge in [-0.15, -0.1) is 0 Å². The summed E-state index contributed by atoms with van der Waals surface area (Å²) < 4.78 is 2.87. The molecule has 0 amide bonds. The quantitative estimate of drug-likeness (QED) is 0.420. The number of hydrogen-bond donors (Lipinski definition) is 2. The predicted octanol–water partition coefficient (Wildman–Crippen LogP) is 3.58. The third-order valence-corrected chi connectivity index (χ3v) is 4.46. The van der Waals surface area contributed by atoms with Crippen LogP contribution in [0.5, 0.6) is 0 Å². The van der Waals surface area contributed by atoms with Gasteiger partial charge in [-0.1, -0.05) is 34.8 Å². The lowest BCUT2D eigenvalue weighted by Crippen LogP contribution is -2.04. The molecular weight excluding hydrogens is 502 g/mol. The summed E-state index contributed by atoms with van der Waals surface area (Å²) >= 11 is 20.3. The van der Waals surface area contributed by atoms with Gasteiger partial charge in [0.1, 0.15) is 0 Å². The van der Waals surface area contributed by atoms with Crippen molar-refractivity contribution in [3.05, 3.63) is 55.7 Å². The number of nitrogens with zero attached hydrogens (tertiary/aromatic N) is 6. The molecule has 2 N–H and O–H groups in total. The number of carboxylic acids is 2. The number of aromatic nitrogens is 6. The number of imidazole rings is 2. The highest BCUT2D eigenvalue weighted by atomic mass is 79.9. The first kappa shape index (κ1) is 20.3. The zero-order chi connectivity index (χ0) is 20.6. The summed E-state index contributed by atoms with van der Waals surface area (Å²) in [5.74, 6) is -2.23. The molecule has 4 rings (SSSR count). The molecule has 4 aromatic rings. The second-order valence-electron chi connectivity index (χ2n) is 5.00. The van der Waals surface area contributed by atoms with Crippen LogP contribution in [-0.2, 0) is 0 Å². The minimum Gasteiger partial charge on any atom is -0.476 e. The highest BCUT2D eigenvalue weighted by molar-refractivity contribution is 9.10. The van der Waals surface area contributed by atoms with Crippen molar-refractivity contribution in [1.29, 1.82) is 0 Å². The molecular formula is C14H6BrCl3N6O4. The standard InChI is InChI=1S/C7H3BrClN3O2.C7H3Cl2N3O2/c2*8-3-1-5(9)11-12-4(7(13)14)2-10-6(3)12/h2*1-2H,(H,13,14). The maximum atomic E-state index is 10.7. The Morgan fingerprint density at radius 2 is 1.32 bits per heavy atom. The molecule has 0 unspecified atom stereocenters. The van der Waals surface area contributed by atoms with Crippen molar-refractivity contribution in [2.75, 3.05) is 0 Å². The van der Waals surface area contributed by atoms with Crippen LogP contribution < -0.4 is 0 Å². The first-order chi connectivity index (χ1) is 13.2. The summed E-state index contributed by atoms with van der Waals surface area (Å²) in [5, 5.41) is 25.7. The molecule has 14 heteroatoms. The van der Waals surface area contributed by atoms with Crippen LogP contribution in [0, 0.1) is 0 Å². The largest absolute Gasteiger partial charge is 0.476 e. The maximum Gasteiger partial charge on any atom is 0.356 e. The van der Waals surface area contributed by atoms with Crippen LogP contribution in [-0.4, -0.2) is 51.3 Å². The minimum absolute atomic E-state index is 0.0248. The van der Waals surface area contributed by atoms with Gasteiger partial charge in [-0.25, -0.2) is 28.6 Å². The van der Waals surface area contributed by atoms with Crippen LogP contribution in [0.25, 0.3) is 11.3 Å². The van der Waals surface area contributed by atoms with Gasteiger partial charge in [-0.2, -0.15) is 10.2 Å². The fourth-order valence-electron chi connectivity index (χ4n) is 2.10. The van der Waals surface area contributed by atoms with Gasteiger partial charge in [-0.3, -0.25) is 0 Å². The van der Waals surface area contributed by atoms with Crippen molar-refractivity contribution < 1.29 is 19.8 Å². The van der Waals surface area contributed by atoms with Crippen LogP contribution in [0.15, 0.2) is 29.0 Å². The third-order valence-electron chi connectivity index (χ3n) is 3.22. The monoisotopic (exact) mass is 506 g/mol. The number of rotatable bonds is 2. The van der Waals surface area contributed by atoms with E-state index in [4.69, 9.17) is 45.0 Å². The van der Waals surface area contributed by atoms with Crippen molar-refractivity contribution in [2.45, 2.75) is 0 Å². The van der Waals surface area contributed by atoms with Gasteiger partial charge in [0.05, 0.1) is 21.9 Å². The summed E-state index contributed by atoms with van der Waals surface area (Å²) in [5.41, 5.74) is 0.591. The zero-order valence-electron chi connectivity index (χ0n) is 13.2. The fraction of sp³-hybridized carbons (Fsp3) is 0. The molecule has 0 fully saturated rings. The molecule has 4 aromatic heterocycles. The second-order valence-corrected chi connectivity index (χ2v) is 7.03. The van der Waals surface area contributed by atoms with Gasteiger partial charge < -0.3 is 10.2 Å². The van der Waals surface area contributed by atoms with E-state index in [0.29, 0.717) is 10.1 Å². The normalized spacial score (nSPS) is 10.7. The van der Waals surface area contributed by atoms with Crippen LogP contribution in [0.4, 0.5) is 0 Å². The highest BCUT2D eigenvalue weighted by Crippen LogP contribution is 2.21. The van der Waals surface area contributed by atoms with Crippen molar-refractivity contribution in [3.8, 4) is 0 Å². The van der Waals surface area contributed by atoms with Crippen molar-refractivity contribution in [2.24, 2.45) is 0 Å². The van der Waals surface area contributed by atoms with E-state index < -0.39 is 11.9 Å². The first-order valence-corrected chi connectivity index (χ1v) is 8.98. The Labute approximate surface area is 178 Å². The first-order valence-electron chi connectivity index (χ1n) is 7.05. The lowest BCUT2D eigenvalue weighted by molar-refractivity contribution is 0.0677. The van der Waals surface area contributed by atoms with Crippen LogP contribution >= 0.6 is 50.7 Å². The van der Waals surface area contributed by atoms with E-state index in [1.54, 1.807) is 6.07 Å². The van der Waals surface area contributed by atoms with Crippen LogP contribution in [0.2, 0.25) is 15.3 Å². The Bertz CT molecular complexity index is 1140. The topological polar surface area (TPSA) is 135 Å². The molecule has 4 heterocycles. The Hall–Kier alpha value is -2.47. The molecule has 0 saturated carbocycles. The number of hydrogen-bond acceptors (Lipinski definition) is 6. The Balaban J connectivity index is 0.000000161. The molecule has 0 aliphatic rings. The summed E-state index contributed by atoms with van der Waals surface area (Å²) in [7, 11) is 0. The summed E-state index contributed by atoms with van der Waals surface area (Å²) in [6.45, 7) is 0. The Morgan fingerprint density at radius 3 is 1.86 bits per heavy atom. The molecule has 0 radical (unpaired) electrons. The molecule has 0 aliphatic heterocycles. The minimum atomic E-state index is -1.14. The van der Waals surface area contributed by atoms with Gasteiger partial charge in [0.2, 0.25) is 0 Å². The molecule has 0 spiro atoms. The third kappa shape index (κ3) is 3.87. The van der Waals surface area contributed by atoms with E-state index in [1.165, 1.54) is 23.0 Å². The average molecular weight is 509 g/mol. The number of aromatic carboxylic acids is 2. The van der Waals surface area contributed by atoms with Crippen molar-refractivity contribution in [1.82, 2.24) is 29.2 Å². The molecule has 10 nitrogen and oxygen atoms in total. The van der Waals surface area contributed by atoms with Gasteiger partial charge in [-0.05, 0) is 28.1 Å². The zero-order valence-corrected chi connectivity index (χ0v) is 17.1. The van der Waals surface area contributed by atoms with Crippen LogP contribution in [0.3, 0.4) is 0 Å². The Kier molecular flexibility index (Phi) is 5.70. The molecule has 0 bridgehead atoms. The fourth-order valence-corrected chi connectivity index (χ4v) is 3.37. The van der Waals surface area contributed by atoms with Gasteiger partial charge >= 0.3 is 11.9 Å². The number of halogens is 4. The molecule has 0 saturated heterocycles. The van der Waals surface area contributed by atoms with E-state index in [2.05, 4.69) is 36.1 Å². The molecule has 0 aromatic carbocycles. The van der Waals surface area contributed by atoms with E-state index in [-0.39, 0.29) is 32.4 Å². The van der Waals surface area contributed by atoms with Gasteiger partial charge in [0, 0.05) is 0 Å². The van der Waals surface area contributed by atoms with Crippen molar-refractivity contribution >= 4 is 74.0 Å². The predicted molar refractivity (Wildman–Crippen MR) is 103 cm³/mol. The van der Waals surface area contributed by atoms with Crippen LogP contribution in [0.1, 0.15) is 21.0 Å². The van der Waals surface area contributed by atoms with E-state index in [0.717, 1.165) is 4.52 Å². The van der Waals surface area contributed by atoms with Crippen molar-refractivity contribution in [3.63, 3.8) is 0 Å². The van der Waals surface area contributed by atoms with Gasteiger partial charge in [0.15, 0.2) is 33.0 Å². The molecule has 0 atom stereocenters. The number of carbonyl (C=O) groups is 2. The lowest BCUT2D eigenvalue weighted by atomic mass is 10.5. The second kappa shape index (κ2) is 7.87. The number of fused-ring (bicyclic) bond motifs is 2. The molecule has 0 aliphatic carbocycles. The smallest absolute Gasteiger partial charge is 0.356 e. The lowest BCUT2D eigenvalue weighted by Gasteiger charge is -1.98. The van der Waals surface area contributed by atoms with Gasteiger partial charge in [0.25, 0.3) is 0 Å². The van der Waals surface area contributed by atoms with E-state index in [9.17, 15) is 9.59 Å². The van der Waals surface area contributed by atoms with E-state index in [1.807, 2.05) is 0 Å². The highest BCUT2D eigenvalue weighted by Gasteiger charge is 2.15. The summed E-state index contributed by atoms with van der Waals surface area (Å²) in [6, 6.07) is 2.95. The molecule has 28 heavy (non-hydrogen) atoms. The van der Waals surface area contributed by atoms with E-state index >= 15 is 0 Å². The maximum absolute atomic E-state index is 10.7. The number of carboxylic acid groups (broad SMARTS) is 2. The molecule has 144 valence electrons. The Morgan fingerprint density at radius 1 is 0.857 bits per heavy atom. The SMILES string of the molecule is O=C(O)c1cnc2c(Br)cc(Cl)nn12.O=C(O)c1cnc2c(Cl)cc(Cl)nn12. The summed E-state index contributed by atoms with van der Waals surface area (Å²) in [6.07, 6.45) is 2.40.